The maximum Gasteiger partial charge on any atom is 0.276 e. The van der Waals surface area contributed by atoms with Gasteiger partial charge in [-0.25, -0.2) is 4.98 Å². The number of pyridine rings is 1. The molecule has 2 heterocycles. The number of carbonyl (C=O) groups is 1. The summed E-state index contributed by atoms with van der Waals surface area (Å²) >= 11 is 0. The summed E-state index contributed by atoms with van der Waals surface area (Å²) in [6.45, 7) is 5.96. The third-order valence-corrected chi connectivity index (χ3v) is 3.62. The van der Waals surface area contributed by atoms with Gasteiger partial charge in [0, 0.05) is 19.3 Å². The van der Waals surface area contributed by atoms with Crippen molar-refractivity contribution in [2.45, 2.75) is 33.1 Å². The Kier molecular flexibility index (Phi) is 3.55. The molecule has 0 atom stereocenters. The average molecular weight is 248 g/mol. The highest BCUT2D eigenvalue weighted by Gasteiger charge is 2.27. The van der Waals surface area contributed by atoms with Crippen molar-refractivity contribution in [3.63, 3.8) is 0 Å². The van der Waals surface area contributed by atoms with E-state index in [1.54, 1.807) is 11.0 Å². The van der Waals surface area contributed by atoms with Crippen molar-refractivity contribution in [1.29, 1.82) is 0 Å². The van der Waals surface area contributed by atoms with Crippen LogP contribution in [-0.2, 0) is 0 Å². The summed E-state index contributed by atoms with van der Waals surface area (Å²) < 4.78 is 0. The third kappa shape index (κ3) is 2.81. The summed E-state index contributed by atoms with van der Waals surface area (Å²) in [6, 6.07) is 3.12. The topological polar surface area (TPSA) is 53.4 Å². The Morgan fingerprint density at radius 3 is 2.89 bits per heavy atom. The Morgan fingerprint density at radius 1 is 1.39 bits per heavy atom. The van der Waals surface area contributed by atoms with E-state index in [0.29, 0.717) is 5.41 Å². The lowest BCUT2D eigenvalue weighted by atomic mass is 9.85. The fourth-order valence-electron chi connectivity index (χ4n) is 2.34. The van der Waals surface area contributed by atoms with E-state index in [1.165, 1.54) is 12.3 Å². The van der Waals surface area contributed by atoms with E-state index in [4.69, 9.17) is 0 Å². The number of carbonyl (C=O) groups excluding carboxylic acids is 1. The van der Waals surface area contributed by atoms with Gasteiger partial charge in [0.05, 0.1) is 0 Å². The maximum absolute atomic E-state index is 12.3. The molecule has 4 nitrogen and oxygen atoms in total. The molecule has 0 spiro atoms. The second kappa shape index (κ2) is 4.96. The molecule has 1 aliphatic heterocycles. The highest BCUT2D eigenvalue weighted by atomic mass is 16.3. The summed E-state index contributed by atoms with van der Waals surface area (Å²) in [5.74, 6) is -0.197. The molecule has 1 N–H and O–H groups in total. The zero-order valence-corrected chi connectivity index (χ0v) is 11.0. The maximum atomic E-state index is 12.3. The number of rotatable bonds is 1. The number of hydrogen-bond donors (Lipinski definition) is 1. The molecule has 1 aromatic heterocycles. The minimum atomic E-state index is -0.161. The Labute approximate surface area is 108 Å². The molecule has 0 saturated carbocycles. The quantitative estimate of drug-likeness (QED) is 0.830. The number of hydrogen-bond acceptors (Lipinski definition) is 3. The normalized spacial score (nSPS) is 19.3. The van der Waals surface area contributed by atoms with Gasteiger partial charge in [-0.1, -0.05) is 13.8 Å². The molecule has 1 saturated heterocycles. The molecule has 0 bridgehead atoms. The Morgan fingerprint density at radius 2 is 2.17 bits per heavy atom. The fraction of sp³-hybridized carbons (Fsp3) is 0.571. The minimum absolute atomic E-state index is 0.0361. The van der Waals surface area contributed by atoms with Crippen LogP contribution in [-0.4, -0.2) is 34.0 Å². The van der Waals surface area contributed by atoms with Crippen molar-refractivity contribution in [3.05, 3.63) is 24.0 Å². The molecule has 18 heavy (non-hydrogen) atoms. The third-order valence-electron chi connectivity index (χ3n) is 3.62. The predicted octanol–water partition coefficient (Wildman–Crippen LogP) is 2.44. The lowest BCUT2D eigenvalue weighted by Crippen LogP contribution is -2.33. The highest BCUT2D eigenvalue weighted by Crippen LogP contribution is 2.30. The number of nitrogens with zero attached hydrogens (tertiary/aromatic N) is 2. The van der Waals surface area contributed by atoms with Crippen LogP contribution in [0.4, 0.5) is 0 Å². The van der Waals surface area contributed by atoms with Gasteiger partial charge >= 0.3 is 0 Å². The second-order valence-electron chi connectivity index (χ2n) is 5.68. The molecule has 1 aliphatic rings. The van der Waals surface area contributed by atoms with E-state index >= 15 is 0 Å². The van der Waals surface area contributed by atoms with Gasteiger partial charge in [-0.15, -0.1) is 0 Å². The fourth-order valence-corrected chi connectivity index (χ4v) is 2.34. The lowest BCUT2D eigenvalue weighted by Gasteiger charge is -2.23. The molecule has 0 aliphatic carbocycles. The predicted molar refractivity (Wildman–Crippen MR) is 69.4 cm³/mol. The van der Waals surface area contributed by atoms with E-state index < -0.39 is 0 Å². The van der Waals surface area contributed by atoms with E-state index in [2.05, 4.69) is 18.8 Å². The van der Waals surface area contributed by atoms with Crippen LogP contribution in [0.25, 0.3) is 0 Å². The smallest absolute Gasteiger partial charge is 0.276 e. The number of amides is 1. The molecule has 1 fully saturated rings. The van der Waals surface area contributed by atoms with Crippen LogP contribution in [0.1, 0.15) is 43.6 Å². The van der Waals surface area contributed by atoms with Crippen LogP contribution < -0.4 is 0 Å². The first-order valence-electron chi connectivity index (χ1n) is 6.43. The van der Waals surface area contributed by atoms with Crippen molar-refractivity contribution in [2.75, 3.05) is 13.1 Å². The van der Waals surface area contributed by atoms with Crippen molar-refractivity contribution >= 4 is 5.91 Å². The van der Waals surface area contributed by atoms with Crippen LogP contribution in [0.15, 0.2) is 18.3 Å². The van der Waals surface area contributed by atoms with Gasteiger partial charge in [0.2, 0.25) is 0 Å². The standard InChI is InChI=1S/C14H20N2O2/c1-14(2)6-4-9-16(10-7-14)13(18)12-11(17)5-3-8-15-12/h3,5,8,17H,4,6-7,9-10H2,1-2H3. The van der Waals surface area contributed by atoms with Crippen LogP contribution in [0.3, 0.4) is 0 Å². The first-order chi connectivity index (χ1) is 8.49. The number of aromatic nitrogens is 1. The monoisotopic (exact) mass is 248 g/mol. The SMILES string of the molecule is CC1(C)CCCN(C(=O)c2ncccc2O)CC1. The van der Waals surface area contributed by atoms with Gasteiger partial charge in [0.15, 0.2) is 5.69 Å². The number of likely N-dealkylation sites (tertiary alicyclic amines) is 1. The highest BCUT2D eigenvalue weighted by molar-refractivity contribution is 5.94. The van der Waals surface area contributed by atoms with Gasteiger partial charge in [0.1, 0.15) is 5.75 Å². The van der Waals surface area contributed by atoms with Gasteiger partial charge in [-0.2, -0.15) is 0 Å². The minimum Gasteiger partial charge on any atom is -0.505 e. The van der Waals surface area contributed by atoms with E-state index in [9.17, 15) is 9.90 Å². The molecular weight excluding hydrogens is 228 g/mol. The van der Waals surface area contributed by atoms with E-state index in [-0.39, 0.29) is 17.4 Å². The van der Waals surface area contributed by atoms with Crippen molar-refractivity contribution < 1.29 is 9.90 Å². The zero-order valence-electron chi connectivity index (χ0n) is 11.0. The Balaban J connectivity index is 2.13. The zero-order chi connectivity index (χ0) is 13.2. The Bertz CT molecular complexity index is 443. The van der Waals surface area contributed by atoms with Gasteiger partial charge < -0.3 is 10.0 Å². The van der Waals surface area contributed by atoms with Crippen LogP contribution in [0.2, 0.25) is 0 Å². The summed E-state index contributed by atoms with van der Waals surface area (Å²) in [7, 11) is 0. The molecule has 0 aromatic carbocycles. The van der Waals surface area contributed by atoms with E-state index in [1.807, 2.05) is 0 Å². The summed E-state index contributed by atoms with van der Waals surface area (Å²) in [5.41, 5.74) is 0.457. The van der Waals surface area contributed by atoms with Gasteiger partial charge in [-0.05, 0) is 36.8 Å². The molecule has 1 amide bonds. The first-order valence-corrected chi connectivity index (χ1v) is 6.43. The molecule has 2 rings (SSSR count). The first kappa shape index (κ1) is 12.9. The second-order valence-corrected chi connectivity index (χ2v) is 5.68. The molecule has 0 unspecified atom stereocenters. The average Bonchev–Trinajstić information content (AvgIpc) is 2.50. The van der Waals surface area contributed by atoms with Gasteiger partial charge in [-0.3, -0.25) is 4.79 Å². The van der Waals surface area contributed by atoms with Crippen molar-refractivity contribution in [2.24, 2.45) is 5.41 Å². The Hall–Kier alpha value is -1.58. The van der Waals surface area contributed by atoms with Crippen LogP contribution in [0, 0.1) is 5.41 Å². The molecule has 1 aromatic rings. The van der Waals surface area contributed by atoms with E-state index in [0.717, 1.165) is 32.4 Å². The summed E-state index contributed by atoms with van der Waals surface area (Å²) in [5, 5.41) is 9.67. The largest absolute Gasteiger partial charge is 0.505 e. The molecular formula is C14H20N2O2. The van der Waals surface area contributed by atoms with Gasteiger partial charge in [0.25, 0.3) is 5.91 Å². The van der Waals surface area contributed by atoms with Crippen LogP contribution in [0.5, 0.6) is 5.75 Å². The lowest BCUT2D eigenvalue weighted by molar-refractivity contribution is 0.0748. The molecule has 0 radical (unpaired) electrons. The van der Waals surface area contributed by atoms with Crippen molar-refractivity contribution in [1.82, 2.24) is 9.88 Å². The van der Waals surface area contributed by atoms with Crippen molar-refractivity contribution in [3.8, 4) is 5.75 Å². The summed E-state index contributed by atoms with van der Waals surface area (Å²) in [4.78, 5) is 18.1. The van der Waals surface area contributed by atoms with Crippen LogP contribution >= 0.6 is 0 Å². The molecule has 4 heteroatoms. The number of aromatic hydroxyl groups is 1. The summed E-state index contributed by atoms with van der Waals surface area (Å²) in [6.07, 6.45) is 4.67. The molecule has 98 valence electrons.